The summed E-state index contributed by atoms with van der Waals surface area (Å²) in [5.41, 5.74) is 0.654. The summed E-state index contributed by atoms with van der Waals surface area (Å²) >= 11 is 0. The van der Waals surface area contributed by atoms with E-state index >= 15 is 0 Å². The molecule has 10 heteroatoms. The molecule has 0 spiro atoms. The van der Waals surface area contributed by atoms with E-state index in [9.17, 15) is 19.1 Å². The number of hydrogen-bond acceptors (Lipinski definition) is 8. The monoisotopic (exact) mass is 523 g/mol. The molecular formula is C28H26FNO8. The number of halogens is 1. The lowest BCUT2D eigenvalue weighted by Gasteiger charge is -2.26. The van der Waals surface area contributed by atoms with Gasteiger partial charge in [-0.05, 0) is 60.2 Å². The molecule has 4 rings (SSSR count). The van der Waals surface area contributed by atoms with Crippen molar-refractivity contribution in [3.05, 3.63) is 77.1 Å². The number of aliphatic hydroxyl groups excluding tert-OH is 1. The van der Waals surface area contributed by atoms with Gasteiger partial charge in [-0.2, -0.15) is 0 Å². The van der Waals surface area contributed by atoms with Crippen molar-refractivity contribution in [1.82, 2.24) is 0 Å². The minimum atomic E-state index is -1.12. The third kappa shape index (κ3) is 4.45. The Morgan fingerprint density at radius 1 is 0.763 bits per heavy atom. The number of rotatable bonds is 8. The zero-order valence-electron chi connectivity index (χ0n) is 21.4. The molecule has 3 aromatic rings. The molecule has 1 atom stereocenters. The standard InChI is InChI=1S/C28H26FNO8/c1-34-19-11-6-15(12-20(19)35-2)25(31)23-24(16-13-21(36-3)27(38-5)22(14-16)37-4)30(28(33)26(23)32)18-9-7-17(29)8-10-18/h6-14,24,31H,1-5H3/b25-23+. The van der Waals surface area contributed by atoms with Gasteiger partial charge < -0.3 is 28.8 Å². The van der Waals surface area contributed by atoms with E-state index in [0.717, 1.165) is 0 Å². The van der Waals surface area contributed by atoms with Gasteiger partial charge >= 0.3 is 0 Å². The van der Waals surface area contributed by atoms with Crippen molar-refractivity contribution in [1.29, 1.82) is 0 Å². The molecule has 1 aliphatic rings. The van der Waals surface area contributed by atoms with Gasteiger partial charge in [0.2, 0.25) is 5.75 Å². The van der Waals surface area contributed by atoms with Crippen LogP contribution in [0, 0.1) is 5.82 Å². The van der Waals surface area contributed by atoms with Crippen LogP contribution in [-0.2, 0) is 9.59 Å². The third-order valence-electron chi connectivity index (χ3n) is 6.21. The van der Waals surface area contributed by atoms with E-state index in [-0.39, 0.29) is 28.3 Å². The summed E-state index contributed by atoms with van der Waals surface area (Å²) in [6.07, 6.45) is 0. The van der Waals surface area contributed by atoms with Gasteiger partial charge in [-0.3, -0.25) is 14.5 Å². The predicted octanol–water partition coefficient (Wildman–Crippen LogP) is 4.50. The Morgan fingerprint density at radius 2 is 1.34 bits per heavy atom. The highest BCUT2D eigenvalue weighted by atomic mass is 19.1. The second-order valence-electron chi connectivity index (χ2n) is 8.17. The van der Waals surface area contributed by atoms with Crippen LogP contribution in [0.2, 0.25) is 0 Å². The highest BCUT2D eigenvalue weighted by Crippen LogP contribution is 2.47. The second-order valence-corrected chi connectivity index (χ2v) is 8.17. The first-order chi connectivity index (χ1) is 18.3. The Balaban J connectivity index is 2.01. The molecule has 0 saturated carbocycles. The average molecular weight is 524 g/mol. The molecule has 1 fully saturated rings. The molecule has 1 saturated heterocycles. The number of Topliss-reactive ketones (excluding diaryl/α,β-unsaturated/α-hetero) is 1. The fourth-order valence-electron chi connectivity index (χ4n) is 4.41. The lowest BCUT2D eigenvalue weighted by molar-refractivity contribution is -0.132. The van der Waals surface area contributed by atoms with E-state index in [1.807, 2.05) is 0 Å². The number of amides is 1. The van der Waals surface area contributed by atoms with Gasteiger partial charge in [-0.15, -0.1) is 0 Å². The van der Waals surface area contributed by atoms with Crippen molar-refractivity contribution in [2.24, 2.45) is 0 Å². The minimum Gasteiger partial charge on any atom is -0.507 e. The lowest BCUT2D eigenvalue weighted by atomic mass is 9.94. The Bertz CT molecular complexity index is 1390. The highest BCUT2D eigenvalue weighted by molar-refractivity contribution is 6.51. The normalized spacial score (nSPS) is 16.4. The molecule has 198 valence electrons. The Kier molecular flexibility index (Phi) is 7.43. The summed E-state index contributed by atoms with van der Waals surface area (Å²) in [5.74, 6) is -1.20. The van der Waals surface area contributed by atoms with E-state index in [4.69, 9.17) is 23.7 Å². The maximum atomic E-state index is 13.7. The molecule has 9 nitrogen and oxygen atoms in total. The van der Waals surface area contributed by atoms with Gasteiger partial charge in [-0.1, -0.05) is 0 Å². The highest BCUT2D eigenvalue weighted by Gasteiger charge is 2.47. The number of aliphatic hydroxyl groups is 1. The molecular weight excluding hydrogens is 497 g/mol. The summed E-state index contributed by atoms with van der Waals surface area (Å²) in [4.78, 5) is 28.0. The van der Waals surface area contributed by atoms with Crippen LogP contribution < -0.4 is 28.6 Å². The molecule has 1 unspecified atom stereocenters. The number of nitrogens with zero attached hydrogens (tertiary/aromatic N) is 1. The molecule has 0 radical (unpaired) electrons. The van der Waals surface area contributed by atoms with Crippen LogP contribution in [0.4, 0.5) is 10.1 Å². The average Bonchev–Trinajstić information content (AvgIpc) is 3.21. The van der Waals surface area contributed by atoms with E-state index < -0.39 is 29.3 Å². The zero-order chi connectivity index (χ0) is 27.6. The molecule has 1 amide bonds. The zero-order valence-corrected chi connectivity index (χ0v) is 21.4. The molecule has 3 aromatic carbocycles. The fourth-order valence-corrected chi connectivity index (χ4v) is 4.41. The van der Waals surface area contributed by atoms with Crippen molar-refractivity contribution in [3.63, 3.8) is 0 Å². The van der Waals surface area contributed by atoms with E-state index in [0.29, 0.717) is 22.8 Å². The fraction of sp³-hybridized carbons (Fsp3) is 0.214. The quantitative estimate of drug-likeness (QED) is 0.262. The van der Waals surface area contributed by atoms with Crippen molar-refractivity contribution < 1.29 is 42.8 Å². The minimum absolute atomic E-state index is 0.194. The topological polar surface area (TPSA) is 104 Å². The number of anilines is 1. The van der Waals surface area contributed by atoms with Crippen LogP contribution in [-0.4, -0.2) is 52.3 Å². The first-order valence-corrected chi connectivity index (χ1v) is 11.4. The van der Waals surface area contributed by atoms with Crippen LogP contribution >= 0.6 is 0 Å². The summed E-state index contributed by atoms with van der Waals surface area (Å²) < 4.78 is 40.7. The summed E-state index contributed by atoms with van der Waals surface area (Å²) in [7, 11) is 7.21. The van der Waals surface area contributed by atoms with Crippen molar-refractivity contribution in [3.8, 4) is 28.7 Å². The van der Waals surface area contributed by atoms with Gasteiger partial charge in [0.1, 0.15) is 11.6 Å². The van der Waals surface area contributed by atoms with Gasteiger partial charge in [-0.25, -0.2) is 4.39 Å². The number of ketones is 1. The van der Waals surface area contributed by atoms with Crippen LogP contribution in [0.3, 0.4) is 0 Å². The molecule has 1 heterocycles. The van der Waals surface area contributed by atoms with Gasteiger partial charge in [0, 0.05) is 11.3 Å². The predicted molar refractivity (Wildman–Crippen MR) is 137 cm³/mol. The van der Waals surface area contributed by atoms with E-state index in [1.54, 1.807) is 18.2 Å². The largest absolute Gasteiger partial charge is 0.507 e. The lowest BCUT2D eigenvalue weighted by Crippen LogP contribution is -2.29. The van der Waals surface area contributed by atoms with Gasteiger partial charge in [0.15, 0.2) is 23.0 Å². The first kappa shape index (κ1) is 26.3. The van der Waals surface area contributed by atoms with Crippen LogP contribution in [0.25, 0.3) is 5.76 Å². The first-order valence-electron chi connectivity index (χ1n) is 11.4. The second kappa shape index (κ2) is 10.7. The van der Waals surface area contributed by atoms with Crippen molar-refractivity contribution in [2.45, 2.75) is 6.04 Å². The van der Waals surface area contributed by atoms with Gasteiger partial charge in [0.25, 0.3) is 11.7 Å². The number of carbonyl (C=O) groups is 2. The maximum Gasteiger partial charge on any atom is 0.300 e. The summed E-state index contributed by atoms with van der Waals surface area (Å²) in [6, 6.07) is 11.7. The van der Waals surface area contributed by atoms with Crippen LogP contribution in [0.15, 0.2) is 60.2 Å². The number of ether oxygens (including phenoxy) is 5. The molecule has 0 aromatic heterocycles. The Labute approximate surface area is 218 Å². The molecule has 38 heavy (non-hydrogen) atoms. The van der Waals surface area contributed by atoms with Gasteiger partial charge in [0.05, 0.1) is 47.2 Å². The smallest absolute Gasteiger partial charge is 0.300 e. The van der Waals surface area contributed by atoms with Crippen LogP contribution in [0.1, 0.15) is 17.2 Å². The number of methoxy groups -OCH3 is 5. The number of carbonyl (C=O) groups excluding carboxylic acids is 2. The molecule has 1 aliphatic heterocycles. The Hall–Kier alpha value is -4.73. The SMILES string of the molecule is COc1ccc(/C(O)=C2\C(=O)C(=O)N(c3ccc(F)cc3)C2c2cc(OC)c(OC)c(OC)c2)cc1OC. The van der Waals surface area contributed by atoms with Crippen LogP contribution in [0.5, 0.6) is 28.7 Å². The van der Waals surface area contributed by atoms with E-state index in [2.05, 4.69) is 0 Å². The third-order valence-corrected chi connectivity index (χ3v) is 6.21. The molecule has 0 bridgehead atoms. The van der Waals surface area contributed by atoms with E-state index in [1.165, 1.54) is 76.8 Å². The summed E-state index contributed by atoms with van der Waals surface area (Å²) in [5, 5.41) is 11.4. The summed E-state index contributed by atoms with van der Waals surface area (Å²) in [6.45, 7) is 0. The van der Waals surface area contributed by atoms with Crippen molar-refractivity contribution in [2.75, 3.05) is 40.4 Å². The number of hydrogen-bond donors (Lipinski definition) is 1. The van der Waals surface area contributed by atoms with Crippen molar-refractivity contribution >= 4 is 23.1 Å². The number of benzene rings is 3. The maximum absolute atomic E-state index is 13.7. The molecule has 0 aliphatic carbocycles. The Morgan fingerprint density at radius 3 is 1.87 bits per heavy atom. The molecule has 1 N–H and O–H groups in total.